The van der Waals surface area contributed by atoms with E-state index >= 15 is 0 Å². The normalized spacial score (nSPS) is 13.2. The average molecular weight is 499 g/mol. The quantitative estimate of drug-likeness (QED) is 0.351. The second-order valence-corrected chi connectivity index (χ2v) is 9.90. The van der Waals surface area contributed by atoms with Gasteiger partial charge in [0, 0.05) is 49.2 Å². The molecule has 0 spiro atoms. The van der Waals surface area contributed by atoms with Crippen LogP contribution in [-0.2, 0) is 13.0 Å². The molecule has 0 saturated heterocycles. The fourth-order valence-electron chi connectivity index (χ4n) is 4.72. The van der Waals surface area contributed by atoms with E-state index in [1.54, 1.807) is 24.3 Å². The third kappa shape index (κ3) is 7.43. The Hall–Kier alpha value is -3.64. The average Bonchev–Trinajstić information content (AvgIpc) is 3.14. The molecule has 1 aliphatic rings. The van der Waals surface area contributed by atoms with E-state index in [1.165, 1.54) is 11.1 Å². The number of hydrogen-bond acceptors (Lipinski definition) is 3. The third-order valence-corrected chi connectivity index (χ3v) is 6.87. The highest BCUT2D eigenvalue weighted by atomic mass is 16.2. The van der Waals surface area contributed by atoms with Crippen LogP contribution in [0.3, 0.4) is 0 Å². The summed E-state index contributed by atoms with van der Waals surface area (Å²) in [5.41, 5.74) is 4.75. The van der Waals surface area contributed by atoms with E-state index < -0.39 is 0 Å². The Bertz CT molecular complexity index is 1160. The summed E-state index contributed by atoms with van der Waals surface area (Å²) in [6.07, 6.45) is 3.92. The molecule has 0 bridgehead atoms. The Kier molecular flexibility index (Phi) is 9.33. The molecule has 1 heterocycles. The van der Waals surface area contributed by atoms with Gasteiger partial charge in [0.25, 0.3) is 5.91 Å². The van der Waals surface area contributed by atoms with Gasteiger partial charge in [-0.2, -0.15) is 0 Å². The lowest BCUT2D eigenvalue weighted by atomic mass is 10.1. The number of carbonyl (C=O) groups excluding carboxylic acids is 2. The minimum absolute atomic E-state index is 0.0986. The molecule has 1 aliphatic heterocycles. The lowest BCUT2D eigenvalue weighted by Gasteiger charge is -2.26. The number of nitrogens with one attached hydrogen (secondary N) is 2. The minimum Gasteiger partial charge on any atom is -0.352 e. The van der Waals surface area contributed by atoms with Crippen molar-refractivity contribution in [3.63, 3.8) is 0 Å². The van der Waals surface area contributed by atoms with Crippen LogP contribution in [0.15, 0.2) is 78.9 Å². The highest BCUT2D eigenvalue weighted by Crippen LogP contribution is 2.26. The maximum Gasteiger partial charge on any atom is 0.326 e. The zero-order chi connectivity index (χ0) is 26.0. The third-order valence-electron chi connectivity index (χ3n) is 6.87. The molecule has 4 rings (SSSR count). The molecular formula is C31H38N4O2. The van der Waals surface area contributed by atoms with Crippen LogP contribution in [0.5, 0.6) is 0 Å². The van der Waals surface area contributed by atoms with Crippen molar-refractivity contribution in [2.75, 3.05) is 29.9 Å². The fourth-order valence-corrected chi connectivity index (χ4v) is 4.72. The van der Waals surface area contributed by atoms with E-state index in [0.29, 0.717) is 30.4 Å². The first-order chi connectivity index (χ1) is 18.0. The number of nitrogens with zero attached hydrogens (tertiary/aromatic N) is 2. The van der Waals surface area contributed by atoms with Crippen LogP contribution < -0.4 is 15.5 Å². The van der Waals surface area contributed by atoms with Crippen molar-refractivity contribution in [2.45, 2.75) is 52.1 Å². The SMILES string of the molecule is CC(C)N(CCCNC(=O)c1ccc(NC(=O)N2CCCCc3ccccc32)cc1)Cc1ccccc1. The summed E-state index contributed by atoms with van der Waals surface area (Å²) < 4.78 is 0. The van der Waals surface area contributed by atoms with Crippen molar-refractivity contribution in [1.29, 1.82) is 0 Å². The van der Waals surface area contributed by atoms with Crippen molar-refractivity contribution in [2.24, 2.45) is 0 Å². The van der Waals surface area contributed by atoms with Crippen molar-refractivity contribution in [1.82, 2.24) is 10.2 Å². The zero-order valence-electron chi connectivity index (χ0n) is 22.0. The van der Waals surface area contributed by atoms with Gasteiger partial charge in [0.2, 0.25) is 0 Å². The smallest absolute Gasteiger partial charge is 0.326 e. The van der Waals surface area contributed by atoms with Gasteiger partial charge in [0.15, 0.2) is 0 Å². The molecule has 194 valence electrons. The predicted molar refractivity (Wildman–Crippen MR) is 151 cm³/mol. The Morgan fingerprint density at radius 1 is 0.919 bits per heavy atom. The van der Waals surface area contributed by atoms with Crippen LogP contribution in [0.2, 0.25) is 0 Å². The van der Waals surface area contributed by atoms with E-state index in [9.17, 15) is 9.59 Å². The first-order valence-corrected chi connectivity index (χ1v) is 13.3. The Labute approximate surface area is 220 Å². The lowest BCUT2D eigenvalue weighted by Crippen LogP contribution is -2.35. The van der Waals surface area contributed by atoms with Gasteiger partial charge < -0.3 is 10.6 Å². The Balaban J connectivity index is 1.25. The lowest BCUT2D eigenvalue weighted by molar-refractivity contribution is 0.0950. The second kappa shape index (κ2) is 13.1. The van der Waals surface area contributed by atoms with Gasteiger partial charge >= 0.3 is 6.03 Å². The van der Waals surface area contributed by atoms with Crippen LogP contribution in [0.4, 0.5) is 16.2 Å². The molecule has 6 heteroatoms. The number of benzene rings is 3. The van der Waals surface area contributed by atoms with Gasteiger partial charge in [-0.25, -0.2) is 4.79 Å². The summed E-state index contributed by atoms with van der Waals surface area (Å²) in [5.74, 6) is -0.0986. The van der Waals surface area contributed by atoms with Crippen LogP contribution in [0.25, 0.3) is 0 Å². The summed E-state index contributed by atoms with van der Waals surface area (Å²) in [4.78, 5) is 29.9. The van der Waals surface area contributed by atoms with Crippen molar-refractivity contribution in [3.8, 4) is 0 Å². The summed E-state index contributed by atoms with van der Waals surface area (Å²) in [7, 11) is 0. The number of hydrogen-bond donors (Lipinski definition) is 2. The van der Waals surface area contributed by atoms with Crippen LogP contribution >= 0.6 is 0 Å². The molecule has 0 saturated carbocycles. The zero-order valence-corrected chi connectivity index (χ0v) is 22.0. The molecule has 0 fully saturated rings. The van der Waals surface area contributed by atoms with Crippen molar-refractivity contribution < 1.29 is 9.59 Å². The van der Waals surface area contributed by atoms with Gasteiger partial charge in [0.05, 0.1) is 0 Å². The maximum absolute atomic E-state index is 13.0. The van der Waals surface area contributed by atoms with Crippen molar-refractivity contribution in [3.05, 3.63) is 95.6 Å². The Morgan fingerprint density at radius 3 is 2.41 bits per heavy atom. The Morgan fingerprint density at radius 2 is 1.65 bits per heavy atom. The molecule has 37 heavy (non-hydrogen) atoms. The van der Waals surface area contributed by atoms with E-state index in [0.717, 1.165) is 44.5 Å². The summed E-state index contributed by atoms with van der Waals surface area (Å²) in [6, 6.07) is 26.0. The largest absolute Gasteiger partial charge is 0.352 e. The molecule has 0 radical (unpaired) electrons. The number of para-hydroxylation sites is 1. The summed E-state index contributed by atoms with van der Waals surface area (Å²) >= 11 is 0. The molecule has 6 nitrogen and oxygen atoms in total. The van der Waals surface area contributed by atoms with Gasteiger partial charge in [-0.1, -0.05) is 48.5 Å². The number of urea groups is 1. The van der Waals surface area contributed by atoms with Crippen molar-refractivity contribution >= 4 is 23.3 Å². The number of aryl methyl sites for hydroxylation is 1. The standard InChI is InChI=1S/C31H38N4O2/c1-24(2)34(23-25-11-4-3-5-12-25)21-10-20-32-30(36)27-16-18-28(19-17-27)33-31(37)35-22-9-8-14-26-13-6-7-15-29(26)35/h3-7,11-13,15-19,24H,8-10,14,20-23H2,1-2H3,(H,32,36)(H,33,37). The molecule has 0 aromatic heterocycles. The molecular weight excluding hydrogens is 460 g/mol. The van der Waals surface area contributed by atoms with Gasteiger partial charge in [-0.3, -0.25) is 14.6 Å². The number of anilines is 2. The number of amides is 3. The van der Waals surface area contributed by atoms with Crippen LogP contribution in [0, 0.1) is 0 Å². The van der Waals surface area contributed by atoms with E-state index in [1.807, 2.05) is 29.2 Å². The van der Waals surface area contributed by atoms with E-state index in [2.05, 4.69) is 59.7 Å². The van der Waals surface area contributed by atoms with Gasteiger partial charge in [-0.15, -0.1) is 0 Å². The summed E-state index contributed by atoms with van der Waals surface area (Å²) in [5, 5.41) is 6.02. The van der Waals surface area contributed by atoms with Crippen LogP contribution in [0.1, 0.15) is 54.6 Å². The molecule has 3 amide bonds. The molecule has 3 aromatic carbocycles. The predicted octanol–water partition coefficient (Wildman–Crippen LogP) is 6.09. The van der Waals surface area contributed by atoms with Gasteiger partial charge in [-0.05, 0) is 81.0 Å². The molecule has 0 atom stereocenters. The number of rotatable bonds is 9. The fraction of sp³-hybridized carbons (Fsp3) is 0.355. The topological polar surface area (TPSA) is 64.7 Å². The minimum atomic E-state index is -0.142. The first kappa shape index (κ1) is 26.4. The number of fused-ring (bicyclic) bond motifs is 1. The number of carbonyl (C=O) groups is 2. The maximum atomic E-state index is 13.0. The highest BCUT2D eigenvalue weighted by Gasteiger charge is 2.21. The first-order valence-electron chi connectivity index (χ1n) is 13.3. The van der Waals surface area contributed by atoms with Gasteiger partial charge in [0.1, 0.15) is 0 Å². The second-order valence-electron chi connectivity index (χ2n) is 9.90. The molecule has 3 aromatic rings. The molecule has 0 unspecified atom stereocenters. The summed E-state index contributed by atoms with van der Waals surface area (Å²) in [6.45, 7) is 7.54. The highest BCUT2D eigenvalue weighted by molar-refractivity contribution is 6.02. The van der Waals surface area contributed by atoms with E-state index in [-0.39, 0.29) is 11.9 Å². The molecule has 0 aliphatic carbocycles. The van der Waals surface area contributed by atoms with Crippen LogP contribution in [-0.4, -0.2) is 42.5 Å². The monoisotopic (exact) mass is 498 g/mol. The van der Waals surface area contributed by atoms with E-state index in [4.69, 9.17) is 0 Å². The molecule has 2 N–H and O–H groups in total.